The molecule has 3 nitrogen and oxygen atoms in total. The Hall–Kier alpha value is -1.06. The number of nitrogens with one attached hydrogen (secondary N) is 1. The average Bonchev–Trinajstić information content (AvgIpc) is 2.87. The highest BCUT2D eigenvalue weighted by molar-refractivity contribution is 5.36. The summed E-state index contributed by atoms with van der Waals surface area (Å²) in [6.45, 7) is 5.61. The van der Waals surface area contributed by atoms with Crippen LogP contribution in [0.2, 0.25) is 0 Å². The van der Waals surface area contributed by atoms with Crippen LogP contribution in [0.25, 0.3) is 0 Å². The highest BCUT2D eigenvalue weighted by Crippen LogP contribution is 2.39. The van der Waals surface area contributed by atoms with Gasteiger partial charge in [-0.05, 0) is 50.4 Å². The van der Waals surface area contributed by atoms with E-state index in [1.54, 1.807) is 0 Å². The van der Waals surface area contributed by atoms with Gasteiger partial charge in [-0.1, -0.05) is 12.1 Å². The van der Waals surface area contributed by atoms with Crippen molar-refractivity contribution in [2.75, 3.05) is 26.4 Å². The van der Waals surface area contributed by atoms with Gasteiger partial charge in [0.25, 0.3) is 0 Å². The lowest BCUT2D eigenvalue weighted by Gasteiger charge is -2.43. The molecule has 0 aliphatic carbocycles. The quantitative estimate of drug-likeness (QED) is 0.883. The van der Waals surface area contributed by atoms with E-state index in [2.05, 4.69) is 23.5 Å². The van der Waals surface area contributed by atoms with Crippen LogP contribution >= 0.6 is 0 Å². The van der Waals surface area contributed by atoms with Crippen LogP contribution in [0.1, 0.15) is 31.7 Å². The van der Waals surface area contributed by atoms with E-state index >= 15 is 0 Å². The Morgan fingerprint density at radius 3 is 2.95 bits per heavy atom. The molecular formula is C16H23NO2. The SMILES string of the molecule is CCOc1cccc(C2(CC3CCCN3)COC2)c1. The summed E-state index contributed by atoms with van der Waals surface area (Å²) in [7, 11) is 0. The van der Waals surface area contributed by atoms with Crippen LogP contribution in [0.4, 0.5) is 0 Å². The van der Waals surface area contributed by atoms with E-state index in [-0.39, 0.29) is 5.41 Å². The van der Waals surface area contributed by atoms with Crippen molar-refractivity contribution in [3.05, 3.63) is 29.8 Å². The smallest absolute Gasteiger partial charge is 0.119 e. The molecule has 2 fully saturated rings. The fourth-order valence-electron chi connectivity index (χ4n) is 3.24. The molecule has 1 unspecified atom stereocenters. The lowest BCUT2D eigenvalue weighted by molar-refractivity contribution is -0.0680. The van der Waals surface area contributed by atoms with Crippen molar-refractivity contribution in [1.29, 1.82) is 0 Å². The summed E-state index contributed by atoms with van der Waals surface area (Å²) in [5.41, 5.74) is 1.58. The molecular weight excluding hydrogens is 238 g/mol. The van der Waals surface area contributed by atoms with Gasteiger partial charge in [0, 0.05) is 11.5 Å². The van der Waals surface area contributed by atoms with Crippen LogP contribution in [-0.2, 0) is 10.2 Å². The Bertz CT molecular complexity index is 423. The molecule has 1 aromatic rings. The second kappa shape index (κ2) is 5.51. The Kier molecular flexibility index (Phi) is 3.76. The minimum Gasteiger partial charge on any atom is -0.494 e. The van der Waals surface area contributed by atoms with E-state index in [9.17, 15) is 0 Å². The van der Waals surface area contributed by atoms with Gasteiger partial charge in [0.2, 0.25) is 0 Å². The maximum atomic E-state index is 5.62. The van der Waals surface area contributed by atoms with Gasteiger partial charge in [-0.25, -0.2) is 0 Å². The molecule has 3 rings (SSSR count). The monoisotopic (exact) mass is 261 g/mol. The van der Waals surface area contributed by atoms with Crippen molar-refractivity contribution in [3.8, 4) is 5.75 Å². The standard InChI is InChI=1S/C16H23NO2/c1-2-19-15-7-3-5-13(9-15)16(11-18-12-16)10-14-6-4-8-17-14/h3,5,7,9,14,17H,2,4,6,8,10-12H2,1H3. The van der Waals surface area contributed by atoms with Crippen LogP contribution in [0, 0.1) is 0 Å². The summed E-state index contributed by atoms with van der Waals surface area (Å²) in [4.78, 5) is 0. The molecule has 1 aromatic carbocycles. The molecule has 104 valence electrons. The van der Waals surface area contributed by atoms with Gasteiger partial charge in [-0.15, -0.1) is 0 Å². The van der Waals surface area contributed by atoms with Gasteiger partial charge >= 0.3 is 0 Å². The van der Waals surface area contributed by atoms with Crippen molar-refractivity contribution in [1.82, 2.24) is 5.32 Å². The zero-order valence-corrected chi connectivity index (χ0v) is 11.7. The molecule has 2 saturated heterocycles. The third kappa shape index (κ3) is 2.63. The fraction of sp³-hybridized carbons (Fsp3) is 0.625. The maximum absolute atomic E-state index is 5.62. The molecule has 0 saturated carbocycles. The van der Waals surface area contributed by atoms with E-state index in [1.807, 2.05) is 13.0 Å². The van der Waals surface area contributed by atoms with Crippen LogP contribution in [0.3, 0.4) is 0 Å². The normalized spacial score (nSPS) is 25.0. The topological polar surface area (TPSA) is 30.5 Å². The third-order valence-electron chi connectivity index (χ3n) is 4.31. The molecule has 0 spiro atoms. The van der Waals surface area contributed by atoms with Crippen molar-refractivity contribution >= 4 is 0 Å². The number of ether oxygens (including phenoxy) is 2. The molecule has 1 N–H and O–H groups in total. The first-order chi connectivity index (χ1) is 9.32. The summed E-state index contributed by atoms with van der Waals surface area (Å²) in [6, 6.07) is 9.21. The highest BCUT2D eigenvalue weighted by atomic mass is 16.5. The van der Waals surface area contributed by atoms with E-state index < -0.39 is 0 Å². The van der Waals surface area contributed by atoms with Gasteiger partial charge in [0.15, 0.2) is 0 Å². The maximum Gasteiger partial charge on any atom is 0.119 e. The Labute approximate surface area is 115 Å². The van der Waals surface area contributed by atoms with Gasteiger partial charge in [-0.2, -0.15) is 0 Å². The van der Waals surface area contributed by atoms with Gasteiger partial charge in [-0.3, -0.25) is 0 Å². The second-order valence-corrected chi connectivity index (χ2v) is 5.73. The first-order valence-corrected chi connectivity index (χ1v) is 7.37. The minimum absolute atomic E-state index is 0.203. The summed E-state index contributed by atoms with van der Waals surface area (Å²) < 4.78 is 11.2. The van der Waals surface area contributed by atoms with E-state index in [1.165, 1.54) is 31.4 Å². The van der Waals surface area contributed by atoms with Crippen molar-refractivity contribution in [3.63, 3.8) is 0 Å². The lowest BCUT2D eigenvalue weighted by Crippen LogP contribution is -2.50. The molecule has 2 heterocycles. The average molecular weight is 261 g/mol. The molecule has 3 heteroatoms. The first kappa shape index (κ1) is 12.9. The number of rotatable bonds is 5. The molecule has 0 amide bonds. The van der Waals surface area contributed by atoms with E-state index in [0.29, 0.717) is 6.04 Å². The fourth-order valence-corrected chi connectivity index (χ4v) is 3.24. The number of benzene rings is 1. The van der Waals surface area contributed by atoms with Crippen molar-refractivity contribution in [2.45, 2.75) is 37.6 Å². The summed E-state index contributed by atoms with van der Waals surface area (Å²) in [6.07, 6.45) is 3.79. The van der Waals surface area contributed by atoms with Crippen LogP contribution in [0.5, 0.6) is 5.75 Å². The summed E-state index contributed by atoms with van der Waals surface area (Å²) in [5, 5.41) is 3.60. The largest absolute Gasteiger partial charge is 0.494 e. The molecule has 2 aliphatic heterocycles. The third-order valence-corrected chi connectivity index (χ3v) is 4.31. The van der Waals surface area contributed by atoms with Gasteiger partial charge in [0.05, 0.1) is 19.8 Å². The Balaban J connectivity index is 1.78. The summed E-state index contributed by atoms with van der Waals surface area (Å²) >= 11 is 0. The minimum atomic E-state index is 0.203. The zero-order valence-electron chi connectivity index (χ0n) is 11.7. The second-order valence-electron chi connectivity index (χ2n) is 5.73. The first-order valence-electron chi connectivity index (χ1n) is 7.37. The van der Waals surface area contributed by atoms with Crippen LogP contribution in [0.15, 0.2) is 24.3 Å². The Morgan fingerprint density at radius 1 is 1.42 bits per heavy atom. The van der Waals surface area contributed by atoms with Crippen molar-refractivity contribution in [2.24, 2.45) is 0 Å². The van der Waals surface area contributed by atoms with E-state index in [0.717, 1.165) is 25.6 Å². The van der Waals surface area contributed by atoms with Gasteiger partial charge in [0.1, 0.15) is 5.75 Å². The Morgan fingerprint density at radius 2 is 2.32 bits per heavy atom. The van der Waals surface area contributed by atoms with Crippen LogP contribution in [-0.4, -0.2) is 32.4 Å². The predicted octanol–water partition coefficient (Wildman–Crippen LogP) is 2.50. The van der Waals surface area contributed by atoms with Crippen LogP contribution < -0.4 is 10.1 Å². The molecule has 2 aliphatic rings. The van der Waals surface area contributed by atoms with Crippen molar-refractivity contribution < 1.29 is 9.47 Å². The molecule has 19 heavy (non-hydrogen) atoms. The predicted molar refractivity (Wildman–Crippen MR) is 75.7 cm³/mol. The lowest BCUT2D eigenvalue weighted by atomic mass is 9.73. The molecule has 0 aromatic heterocycles. The molecule has 0 bridgehead atoms. The highest BCUT2D eigenvalue weighted by Gasteiger charge is 2.42. The number of hydrogen-bond acceptors (Lipinski definition) is 3. The van der Waals surface area contributed by atoms with E-state index in [4.69, 9.17) is 9.47 Å². The molecule has 1 atom stereocenters. The number of hydrogen-bond donors (Lipinski definition) is 1. The molecule has 0 radical (unpaired) electrons. The van der Waals surface area contributed by atoms with Gasteiger partial charge < -0.3 is 14.8 Å². The summed E-state index contributed by atoms with van der Waals surface area (Å²) in [5.74, 6) is 0.977. The zero-order chi connectivity index (χ0) is 13.1.